The van der Waals surface area contributed by atoms with Gasteiger partial charge in [-0.15, -0.1) is 0 Å². The van der Waals surface area contributed by atoms with E-state index in [-0.39, 0.29) is 0 Å². The summed E-state index contributed by atoms with van der Waals surface area (Å²) in [5.74, 6) is 0.512. The Bertz CT molecular complexity index is 727. The van der Waals surface area contributed by atoms with E-state index in [0.29, 0.717) is 5.82 Å². The maximum absolute atomic E-state index is 5.99. The quantitative estimate of drug-likeness (QED) is 0.749. The first-order chi connectivity index (χ1) is 8.70. The number of hydrogen-bond acceptors (Lipinski definition) is 3. The minimum atomic E-state index is 0.512. The molecular formula is C14H16N4. The second-order valence-corrected chi connectivity index (χ2v) is 4.62. The Balaban J connectivity index is 2.43. The minimum absolute atomic E-state index is 0.512. The number of anilines is 1. The molecule has 0 fully saturated rings. The molecule has 2 aromatic heterocycles. The first-order valence-electron chi connectivity index (χ1n) is 6.22. The van der Waals surface area contributed by atoms with Gasteiger partial charge in [-0.25, -0.2) is 4.98 Å². The highest BCUT2D eigenvalue weighted by Gasteiger charge is 2.11. The van der Waals surface area contributed by atoms with Crippen LogP contribution in [0.2, 0.25) is 0 Å². The smallest absolute Gasteiger partial charge is 0.152 e. The first-order valence-corrected chi connectivity index (χ1v) is 6.22. The number of fused-ring (bicyclic) bond motifs is 3. The molecule has 0 spiro atoms. The molecule has 2 N–H and O–H groups in total. The Morgan fingerprint density at radius 3 is 2.94 bits per heavy atom. The Kier molecular flexibility index (Phi) is 2.44. The normalized spacial score (nSPS) is 11.4. The van der Waals surface area contributed by atoms with Crippen LogP contribution in [0.25, 0.3) is 21.8 Å². The molecule has 1 aromatic carbocycles. The molecule has 3 aromatic rings. The van der Waals surface area contributed by atoms with Gasteiger partial charge in [0, 0.05) is 23.5 Å². The van der Waals surface area contributed by atoms with E-state index in [2.05, 4.69) is 36.2 Å². The molecule has 3 rings (SSSR count). The van der Waals surface area contributed by atoms with Crippen LogP contribution in [-0.4, -0.2) is 14.8 Å². The van der Waals surface area contributed by atoms with Gasteiger partial charge in [0.1, 0.15) is 5.52 Å². The molecule has 92 valence electrons. The summed E-state index contributed by atoms with van der Waals surface area (Å²) in [4.78, 5) is 4.44. The van der Waals surface area contributed by atoms with E-state index in [4.69, 9.17) is 5.73 Å². The van der Waals surface area contributed by atoms with Gasteiger partial charge in [0.25, 0.3) is 0 Å². The van der Waals surface area contributed by atoms with E-state index < -0.39 is 0 Å². The molecule has 0 amide bonds. The SMILES string of the molecule is CCCn1cc2c(n1)c(N)nc1cccc(C)c12. The summed E-state index contributed by atoms with van der Waals surface area (Å²) in [6, 6.07) is 6.10. The molecule has 4 nitrogen and oxygen atoms in total. The number of rotatable bonds is 2. The molecule has 0 aliphatic heterocycles. The van der Waals surface area contributed by atoms with Crippen molar-refractivity contribution in [2.45, 2.75) is 26.8 Å². The fourth-order valence-corrected chi connectivity index (χ4v) is 2.42. The highest BCUT2D eigenvalue weighted by Crippen LogP contribution is 2.29. The molecule has 18 heavy (non-hydrogen) atoms. The lowest BCUT2D eigenvalue weighted by Crippen LogP contribution is -1.97. The third-order valence-corrected chi connectivity index (χ3v) is 3.22. The molecule has 0 aliphatic carbocycles. The highest BCUT2D eigenvalue weighted by atomic mass is 15.3. The fraction of sp³-hybridized carbons (Fsp3) is 0.286. The number of aromatic nitrogens is 3. The number of nitrogens with two attached hydrogens (primary N) is 1. The largest absolute Gasteiger partial charge is 0.382 e. The molecule has 0 radical (unpaired) electrons. The summed E-state index contributed by atoms with van der Waals surface area (Å²) >= 11 is 0. The Labute approximate surface area is 105 Å². The first kappa shape index (κ1) is 11.0. The van der Waals surface area contributed by atoms with Crippen molar-refractivity contribution in [1.82, 2.24) is 14.8 Å². The van der Waals surface area contributed by atoms with Crippen LogP contribution >= 0.6 is 0 Å². The third kappa shape index (κ3) is 1.53. The van der Waals surface area contributed by atoms with Gasteiger partial charge in [-0.1, -0.05) is 19.1 Å². The van der Waals surface area contributed by atoms with E-state index in [0.717, 1.165) is 34.8 Å². The van der Waals surface area contributed by atoms with Crippen LogP contribution in [0.3, 0.4) is 0 Å². The zero-order valence-corrected chi connectivity index (χ0v) is 10.6. The number of benzene rings is 1. The second kappa shape index (κ2) is 3.98. The van der Waals surface area contributed by atoms with Crippen LogP contribution in [0.15, 0.2) is 24.4 Å². The molecule has 0 aliphatic rings. The maximum Gasteiger partial charge on any atom is 0.152 e. The van der Waals surface area contributed by atoms with E-state index in [1.165, 1.54) is 5.56 Å². The van der Waals surface area contributed by atoms with E-state index in [1.54, 1.807) is 0 Å². The topological polar surface area (TPSA) is 56.7 Å². The van der Waals surface area contributed by atoms with Gasteiger partial charge in [0.05, 0.1) is 5.52 Å². The summed E-state index contributed by atoms with van der Waals surface area (Å²) in [5, 5.41) is 6.78. The van der Waals surface area contributed by atoms with Gasteiger partial charge in [-0.05, 0) is 25.0 Å². The zero-order chi connectivity index (χ0) is 12.7. The van der Waals surface area contributed by atoms with Crippen LogP contribution in [0.5, 0.6) is 0 Å². The molecule has 4 heteroatoms. The van der Waals surface area contributed by atoms with E-state index in [9.17, 15) is 0 Å². The minimum Gasteiger partial charge on any atom is -0.382 e. The molecule has 2 heterocycles. The van der Waals surface area contributed by atoms with Crippen LogP contribution < -0.4 is 5.73 Å². The maximum atomic E-state index is 5.99. The standard InChI is InChI=1S/C14H16N4/c1-3-7-18-8-10-12-9(2)5-4-6-11(12)16-14(15)13(10)17-18/h4-6,8H,3,7H2,1-2H3,(H2,15,16). The van der Waals surface area contributed by atoms with Gasteiger partial charge in [-0.3, -0.25) is 4.68 Å². The fourth-order valence-electron chi connectivity index (χ4n) is 2.42. The molecular weight excluding hydrogens is 224 g/mol. The summed E-state index contributed by atoms with van der Waals surface area (Å²) in [6.45, 7) is 5.13. The summed E-state index contributed by atoms with van der Waals surface area (Å²) in [6.07, 6.45) is 3.13. The predicted molar refractivity (Wildman–Crippen MR) is 74.5 cm³/mol. The van der Waals surface area contributed by atoms with Crippen LogP contribution in [0.1, 0.15) is 18.9 Å². The van der Waals surface area contributed by atoms with Crippen molar-refractivity contribution in [3.8, 4) is 0 Å². The van der Waals surface area contributed by atoms with Gasteiger partial charge in [0.2, 0.25) is 0 Å². The molecule has 0 unspecified atom stereocenters. The van der Waals surface area contributed by atoms with Crippen molar-refractivity contribution >= 4 is 27.6 Å². The zero-order valence-electron chi connectivity index (χ0n) is 10.6. The monoisotopic (exact) mass is 240 g/mol. The summed E-state index contributed by atoms with van der Waals surface area (Å²) in [7, 11) is 0. The van der Waals surface area contributed by atoms with Crippen molar-refractivity contribution in [2.24, 2.45) is 0 Å². The van der Waals surface area contributed by atoms with Crippen LogP contribution in [-0.2, 0) is 6.54 Å². The van der Waals surface area contributed by atoms with Crippen molar-refractivity contribution in [3.63, 3.8) is 0 Å². The summed E-state index contributed by atoms with van der Waals surface area (Å²) in [5.41, 5.74) is 8.96. The number of pyridine rings is 1. The van der Waals surface area contributed by atoms with Crippen molar-refractivity contribution < 1.29 is 0 Å². The van der Waals surface area contributed by atoms with Crippen molar-refractivity contribution in [2.75, 3.05) is 5.73 Å². The number of nitrogens with zero attached hydrogens (tertiary/aromatic N) is 3. The van der Waals surface area contributed by atoms with Crippen molar-refractivity contribution in [3.05, 3.63) is 30.0 Å². The number of hydrogen-bond donors (Lipinski definition) is 1. The predicted octanol–water partition coefficient (Wildman–Crippen LogP) is 2.89. The Morgan fingerprint density at radius 1 is 1.33 bits per heavy atom. The Hall–Kier alpha value is -2.10. The van der Waals surface area contributed by atoms with E-state index >= 15 is 0 Å². The van der Waals surface area contributed by atoms with Crippen LogP contribution in [0, 0.1) is 6.92 Å². The molecule has 0 saturated heterocycles. The third-order valence-electron chi connectivity index (χ3n) is 3.22. The van der Waals surface area contributed by atoms with Crippen molar-refractivity contribution in [1.29, 1.82) is 0 Å². The molecule has 0 saturated carbocycles. The molecule has 0 bridgehead atoms. The van der Waals surface area contributed by atoms with Gasteiger partial charge >= 0.3 is 0 Å². The average Bonchev–Trinajstić information content (AvgIpc) is 2.74. The lowest BCUT2D eigenvalue weighted by molar-refractivity contribution is 0.609. The summed E-state index contributed by atoms with van der Waals surface area (Å²) < 4.78 is 1.95. The van der Waals surface area contributed by atoms with Gasteiger partial charge in [-0.2, -0.15) is 5.10 Å². The highest BCUT2D eigenvalue weighted by molar-refractivity contribution is 6.09. The van der Waals surface area contributed by atoms with E-state index in [1.807, 2.05) is 16.8 Å². The van der Waals surface area contributed by atoms with Crippen LogP contribution in [0.4, 0.5) is 5.82 Å². The van der Waals surface area contributed by atoms with Gasteiger partial charge < -0.3 is 5.73 Å². The van der Waals surface area contributed by atoms with Gasteiger partial charge in [0.15, 0.2) is 5.82 Å². The Morgan fingerprint density at radius 2 is 2.17 bits per heavy atom. The second-order valence-electron chi connectivity index (χ2n) is 4.62. The lowest BCUT2D eigenvalue weighted by atomic mass is 10.1. The lowest BCUT2D eigenvalue weighted by Gasteiger charge is -2.03. The molecule has 0 atom stereocenters. The number of nitrogen functional groups attached to an aromatic ring is 1. The average molecular weight is 240 g/mol. The number of aryl methyl sites for hydroxylation is 2.